The molecule has 4 nitrogen and oxygen atoms in total. The lowest BCUT2D eigenvalue weighted by atomic mass is 10.1. The van der Waals surface area contributed by atoms with E-state index in [0.717, 1.165) is 32.1 Å². The predicted molar refractivity (Wildman–Crippen MR) is 45.1 cm³/mol. The summed E-state index contributed by atoms with van der Waals surface area (Å²) < 4.78 is 0. The predicted octanol–water partition coefficient (Wildman–Crippen LogP) is 2.03. The number of nitro groups is 1. The summed E-state index contributed by atoms with van der Waals surface area (Å²) >= 11 is 0. The third kappa shape index (κ3) is 9.36. The largest absolute Gasteiger partial charge is 0.265 e. The zero-order chi connectivity index (χ0) is 9.23. The summed E-state index contributed by atoms with van der Waals surface area (Å²) in [5, 5.41) is 19.9. The normalized spacial score (nSPS) is 10.1. The number of rotatable bonds is 8. The quantitative estimate of drug-likeness (QED) is 0.321. The van der Waals surface area contributed by atoms with Crippen LogP contribution >= 0.6 is 0 Å². The van der Waals surface area contributed by atoms with Gasteiger partial charge in [-0.3, -0.25) is 10.1 Å². The molecule has 0 spiro atoms. The van der Waals surface area contributed by atoms with Crippen LogP contribution in [-0.2, 0) is 5.11 Å². The smallest absolute Gasteiger partial charge is 0.203 e. The molecule has 12 heavy (non-hydrogen) atoms. The molecule has 0 fully saturated rings. The minimum Gasteiger partial charge on any atom is -0.265 e. The Kier molecular flexibility index (Phi) is 8.01. The number of unbranched alkanes of at least 4 members (excludes halogenated alkanes) is 5. The highest BCUT2D eigenvalue weighted by molar-refractivity contribution is 4.43. The van der Waals surface area contributed by atoms with Gasteiger partial charge in [0.2, 0.25) is 6.54 Å². The van der Waals surface area contributed by atoms with Crippen molar-refractivity contribution >= 4 is 0 Å². The van der Waals surface area contributed by atoms with E-state index >= 15 is 0 Å². The first-order chi connectivity index (χ1) is 5.77. The van der Waals surface area contributed by atoms with Crippen molar-refractivity contribution in [2.45, 2.75) is 38.5 Å². The number of hydrogen-bond acceptors (Lipinski definition) is 2. The van der Waals surface area contributed by atoms with E-state index in [1.807, 2.05) is 0 Å². The lowest BCUT2D eigenvalue weighted by molar-refractivity contribution is -0.480. The second kappa shape index (κ2) is 8.46. The minimum absolute atomic E-state index is 0.00883. The highest BCUT2D eigenvalue weighted by Crippen LogP contribution is 2.04. The second-order valence-electron chi connectivity index (χ2n) is 2.88. The maximum absolute atomic E-state index is 10.0. The summed E-state index contributed by atoms with van der Waals surface area (Å²) in [6.45, 7) is 0.0937. The molecule has 0 aromatic carbocycles. The van der Waals surface area contributed by atoms with E-state index in [9.17, 15) is 15.2 Å². The summed E-state index contributed by atoms with van der Waals surface area (Å²) in [5.74, 6) is 0. The average Bonchev–Trinajstić information content (AvgIpc) is 2.02. The van der Waals surface area contributed by atoms with Gasteiger partial charge in [0.05, 0.1) is 6.61 Å². The first-order valence-electron chi connectivity index (χ1n) is 4.47. The van der Waals surface area contributed by atoms with Crippen LogP contribution in [0.2, 0.25) is 0 Å². The molecular weight excluding hydrogens is 158 g/mol. The molecule has 0 aromatic heterocycles. The first kappa shape index (κ1) is 11.4. The van der Waals surface area contributed by atoms with Crippen LogP contribution in [0.15, 0.2) is 0 Å². The van der Waals surface area contributed by atoms with Gasteiger partial charge in [0.1, 0.15) is 0 Å². The Morgan fingerprint density at radius 1 is 0.917 bits per heavy atom. The van der Waals surface area contributed by atoms with E-state index in [0.29, 0.717) is 6.42 Å². The summed E-state index contributed by atoms with van der Waals surface area (Å²) in [4.78, 5) is 9.62. The minimum atomic E-state index is -0.280. The fourth-order valence-corrected chi connectivity index (χ4v) is 1.05. The van der Waals surface area contributed by atoms with E-state index in [4.69, 9.17) is 0 Å². The Morgan fingerprint density at radius 3 is 1.92 bits per heavy atom. The van der Waals surface area contributed by atoms with Crippen LogP contribution in [0.5, 0.6) is 0 Å². The van der Waals surface area contributed by atoms with Crippen molar-refractivity contribution in [3.63, 3.8) is 0 Å². The third-order valence-corrected chi connectivity index (χ3v) is 1.74. The molecule has 1 radical (unpaired) electrons. The topological polar surface area (TPSA) is 63.0 Å². The van der Waals surface area contributed by atoms with Gasteiger partial charge in [0.25, 0.3) is 0 Å². The molecule has 0 rings (SSSR count). The monoisotopic (exact) mass is 174 g/mol. The van der Waals surface area contributed by atoms with Crippen LogP contribution in [-0.4, -0.2) is 18.1 Å². The zero-order valence-electron chi connectivity index (χ0n) is 7.33. The van der Waals surface area contributed by atoms with Crippen molar-refractivity contribution in [3.8, 4) is 0 Å². The lowest BCUT2D eigenvalue weighted by Crippen LogP contribution is -1.99. The van der Waals surface area contributed by atoms with Gasteiger partial charge in [0, 0.05) is 11.3 Å². The molecular formula is C8H16NO3. The molecule has 71 valence electrons. The van der Waals surface area contributed by atoms with Crippen molar-refractivity contribution < 1.29 is 10.0 Å². The van der Waals surface area contributed by atoms with E-state index in [1.165, 1.54) is 0 Å². The Hall–Kier alpha value is -0.640. The molecule has 0 saturated heterocycles. The molecule has 0 aliphatic rings. The summed E-state index contributed by atoms with van der Waals surface area (Å²) in [6, 6.07) is 0. The summed E-state index contributed by atoms with van der Waals surface area (Å²) in [5.41, 5.74) is 0. The van der Waals surface area contributed by atoms with Crippen molar-refractivity contribution in [1.29, 1.82) is 0 Å². The van der Waals surface area contributed by atoms with Gasteiger partial charge in [0.15, 0.2) is 0 Å². The number of nitrogens with zero attached hydrogens (tertiary/aromatic N) is 1. The van der Waals surface area contributed by atoms with Crippen LogP contribution in [0, 0.1) is 10.1 Å². The molecule has 0 N–H and O–H groups in total. The Labute approximate surface area is 72.7 Å². The highest BCUT2D eigenvalue weighted by Gasteiger charge is 1.96. The zero-order valence-corrected chi connectivity index (χ0v) is 7.33. The van der Waals surface area contributed by atoms with Crippen LogP contribution in [0.1, 0.15) is 38.5 Å². The van der Waals surface area contributed by atoms with E-state index in [1.54, 1.807) is 0 Å². The molecule has 0 saturated carbocycles. The molecule has 0 amide bonds. The fraction of sp³-hybridized carbons (Fsp3) is 1.00. The van der Waals surface area contributed by atoms with Crippen molar-refractivity contribution in [2.75, 3.05) is 13.2 Å². The van der Waals surface area contributed by atoms with Gasteiger partial charge in [-0.05, 0) is 12.8 Å². The molecule has 0 unspecified atom stereocenters. The van der Waals surface area contributed by atoms with Crippen molar-refractivity contribution in [2.24, 2.45) is 0 Å². The van der Waals surface area contributed by atoms with E-state index < -0.39 is 0 Å². The van der Waals surface area contributed by atoms with Gasteiger partial charge in [-0.25, -0.2) is 5.11 Å². The fourth-order valence-electron chi connectivity index (χ4n) is 1.05. The van der Waals surface area contributed by atoms with Crippen LogP contribution in [0.4, 0.5) is 0 Å². The van der Waals surface area contributed by atoms with Crippen molar-refractivity contribution in [1.82, 2.24) is 0 Å². The summed E-state index contributed by atoms with van der Waals surface area (Å²) in [7, 11) is 0. The molecule has 0 aliphatic heterocycles. The standard InChI is InChI=1S/C8H16NO3/c10-8-6-4-2-1-3-5-7-9(11)12/h1-8H2. The van der Waals surface area contributed by atoms with Crippen molar-refractivity contribution in [3.05, 3.63) is 10.1 Å². The van der Waals surface area contributed by atoms with Gasteiger partial charge in [-0.15, -0.1) is 0 Å². The SMILES string of the molecule is [O]CCCCCCCC[N+](=O)[O-]. The number of hydrogen-bond donors (Lipinski definition) is 0. The Bertz CT molecular complexity index is 117. The first-order valence-corrected chi connectivity index (χ1v) is 4.47. The Morgan fingerprint density at radius 2 is 1.42 bits per heavy atom. The molecule has 0 aromatic rings. The van der Waals surface area contributed by atoms with E-state index in [2.05, 4.69) is 0 Å². The van der Waals surface area contributed by atoms with Crippen LogP contribution in [0.25, 0.3) is 0 Å². The molecule has 0 heterocycles. The van der Waals surface area contributed by atoms with Gasteiger partial charge in [-0.1, -0.05) is 19.3 Å². The van der Waals surface area contributed by atoms with E-state index in [-0.39, 0.29) is 18.1 Å². The third-order valence-electron chi connectivity index (χ3n) is 1.74. The molecule has 0 aliphatic carbocycles. The van der Waals surface area contributed by atoms with Gasteiger partial charge in [-0.2, -0.15) is 0 Å². The lowest BCUT2D eigenvalue weighted by Gasteiger charge is -1.96. The van der Waals surface area contributed by atoms with Gasteiger partial charge < -0.3 is 0 Å². The highest BCUT2D eigenvalue weighted by atomic mass is 16.6. The van der Waals surface area contributed by atoms with Gasteiger partial charge >= 0.3 is 0 Å². The molecule has 4 heteroatoms. The molecule has 0 atom stereocenters. The maximum atomic E-state index is 10.0. The second-order valence-corrected chi connectivity index (χ2v) is 2.88. The molecule has 0 bridgehead atoms. The average molecular weight is 174 g/mol. The van der Waals surface area contributed by atoms with Crippen LogP contribution < -0.4 is 0 Å². The Balaban J connectivity index is 2.86. The summed E-state index contributed by atoms with van der Waals surface area (Å²) in [6.07, 6.45) is 5.37. The maximum Gasteiger partial charge on any atom is 0.203 e. The van der Waals surface area contributed by atoms with Crippen LogP contribution in [0.3, 0.4) is 0 Å².